The summed E-state index contributed by atoms with van der Waals surface area (Å²) < 4.78 is 48.4. The van der Waals surface area contributed by atoms with E-state index in [9.17, 15) is 28.8 Å². The maximum atomic E-state index is 12.1. The van der Waals surface area contributed by atoms with Gasteiger partial charge < -0.3 is 37.0 Å². The van der Waals surface area contributed by atoms with Crippen molar-refractivity contribution in [3.05, 3.63) is 127 Å². The van der Waals surface area contributed by atoms with Crippen LogP contribution in [0, 0.1) is 0 Å². The SMILES string of the molecule is CC.CC.CCCOC(=O)C(C)NP(OCC1CCC(n2ccc(=O)[nH]c2=O)O1)Oc1ccccc1.CCOC(=O)C(C)NP(OCC1CCC(n2ccc(=O)[nH]c2=O)O1)Oc1ccccc1. The van der Waals surface area contributed by atoms with Crippen molar-refractivity contribution in [3.8, 4) is 11.5 Å². The number of para-hydroxylation sites is 2. The van der Waals surface area contributed by atoms with Crippen molar-refractivity contribution < 1.29 is 46.6 Å². The summed E-state index contributed by atoms with van der Waals surface area (Å²) in [6.07, 6.45) is 4.61. The van der Waals surface area contributed by atoms with Gasteiger partial charge in [-0.15, -0.1) is 0 Å². The van der Waals surface area contributed by atoms with Crippen molar-refractivity contribution in [2.75, 3.05) is 26.4 Å². The smallest absolute Gasteiger partial charge is 0.330 e. The number of H-pyrrole nitrogens is 2. The Morgan fingerprint density at radius 1 is 0.642 bits per heavy atom. The van der Waals surface area contributed by atoms with Crippen LogP contribution in [0.4, 0.5) is 0 Å². The van der Waals surface area contributed by atoms with E-state index in [4.69, 9.17) is 37.0 Å². The molecule has 2 fully saturated rings. The molecule has 2 aliphatic rings. The van der Waals surface area contributed by atoms with Crippen LogP contribution >= 0.6 is 17.1 Å². The molecule has 370 valence electrons. The van der Waals surface area contributed by atoms with Crippen LogP contribution in [0.25, 0.3) is 0 Å². The van der Waals surface area contributed by atoms with E-state index in [1.807, 2.05) is 71.0 Å². The van der Waals surface area contributed by atoms with Crippen LogP contribution in [0.5, 0.6) is 11.5 Å². The van der Waals surface area contributed by atoms with Crippen LogP contribution < -0.4 is 41.7 Å². The zero-order valence-electron chi connectivity index (χ0n) is 39.4. The number of nitrogens with one attached hydrogen (secondary N) is 4. The Kier molecular flexibility index (Phi) is 26.1. The highest BCUT2D eigenvalue weighted by atomic mass is 31.2. The minimum Gasteiger partial charge on any atom is -0.465 e. The van der Waals surface area contributed by atoms with Crippen molar-refractivity contribution in [1.29, 1.82) is 0 Å². The predicted octanol–water partition coefficient (Wildman–Crippen LogP) is 6.60. The van der Waals surface area contributed by atoms with Crippen molar-refractivity contribution >= 4 is 29.0 Å². The summed E-state index contributed by atoms with van der Waals surface area (Å²) in [6.45, 7) is 16.1. The summed E-state index contributed by atoms with van der Waals surface area (Å²) in [5.74, 6) is 0.423. The number of ether oxygens (including phenoxy) is 4. The molecule has 0 bridgehead atoms. The maximum Gasteiger partial charge on any atom is 0.330 e. The van der Waals surface area contributed by atoms with Crippen molar-refractivity contribution in [1.82, 2.24) is 29.3 Å². The Labute approximate surface area is 392 Å². The first-order chi connectivity index (χ1) is 32.4. The van der Waals surface area contributed by atoms with Crippen molar-refractivity contribution in [2.24, 2.45) is 0 Å². The fourth-order valence-corrected chi connectivity index (χ4v) is 8.42. The Morgan fingerprint density at radius 2 is 1.04 bits per heavy atom. The minimum absolute atomic E-state index is 0.204. The summed E-state index contributed by atoms with van der Waals surface area (Å²) in [7, 11) is -3.33. The number of rotatable bonds is 21. The van der Waals surface area contributed by atoms with Gasteiger partial charge in [0.05, 0.1) is 38.6 Å². The van der Waals surface area contributed by atoms with E-state index in [1.54, 1.807) is 45.0 Å². The Morgan fingerprint density at radius 3 is 1.42 bits per heavy atom. The van der Waals surface area contributed by atoms with E-state index in [1.165, 1.54) is 33.7 Å². The van der Waals surface area contributed by atoms with Crippen LogP contribution in [0.15, 0.2) is 104 Å². The first kappa shape index (κ1) is 56.3. The fraction of sp³-hybridized carbons (Fsp3) is 0.511. The molecule has 0 amide bonds. The number of carbonyl (C=O) groups is 2. The minimum atomic E-state index is -1.67. The molecule has 0 spiro atoms. The molecule has 8 unspecified atom stereocenters. The highest BCUT2D eigenvalue weighted by Crippen LogP contribution is 2.39. The van der Waals surface area contributed by atoms with Gasteiger partial charge in [0, 0.05) is 24.5 Å². The lowest BCUT2D eigenvalue weighted by molar-refractivity contribution is -0.145. The zero-order valence-corrected chi connectivity index (χ0v) is 41.2. The summed E-state index contributed by atoms with van der Waals surface area (Å²) in [6, 6.07) is 19.6. The van der Waals surface area contributed by atoms with Crippen LogP contribution in [-0.2, 0) is 37.6 Å². The number of aromatic nitrogens is 4. The Hall–Kier alpha value is -5.04. The molecule has 2 aromatic carbocycles. The highest BCUT2D eigenvalue weighted by molar-refractivity contribution is 7.45. The molecule has 4 aromatic rings. The van der Waals surface area contributed by atoms with Gasteiger partial charge >= 0.3 is 40.4 Å². The third-order valence-electron chi connectivity index (χ3n) is 9.15. The van der Waals surface area contributed by atoms with E-state index < -0.39 is 70.1 Å². The van der Waals surface area contributed by atoms with Gasteiger partial charge in [-0.2, -0.15) is 0 Å². The summed E-state index contributed by atoms with van der Waals surface area (Å²) >= 11 is 0. The summed E-state index contributed by atoms with van der Waals surface area (Å²) in [4.78, 5) is 75.0. The van der Waals surface area contributed by atoms with Gasteiger partial charge in [-0.1, -0.05) is 71.0 Å². The standard InChI is InChI=1S/C21H28N3O7P.C20H26N3O7P.2C2H6/c1-3-13-28-20(26)15(2)23-32(31-16-7-5-4-6-8-16)29-14-17-9-10-19(30-17)24-12-11-18(25)22-21(24)27;1-3-27-19(25)14(2)22-31(30-15-7-5-4-6-8-15)28-13-16-9-10-18(29-16)23-12-11-17(24)21-20(23)26;2*1-2/h4-8,11-12,15,17,19,23H,3,9-10,13-14H2,1-2H3,(H,22,25,27);4-8,11-12,14,16,18,22H,3,9-10,13H2,1-2H3,(H,21,24,26);2*1-2H3. The predicted molar refractivity (Wildman–Crippen MR) is 255 cm³/mol. The van der Waals surface area contributed by atoms with Gasteiger partial charge in [-0.25, -0.2) is 19.8 Å². The number of nitrogens with zero attached hydrogens (tertiary/aromatic N) is 2. The molecule has 22 heteroatoms. The molecule has 4 N–H and O–H groups in total. The van der Waals surface area contributed by atoms with Gasteiger partial charge in [-0.05, 0) is 77.1 Å². The maximum absolute atomic E-state index is 12.1. The lowest BCUT2D eigenvalue weighted by atomic mass is 10.2. The number of carbonyl (C=O) groups excluding carboxylic acids is 2. The largest absolute Gasteiger partial charge is 0.465 e. The molecular formula is C45H66N6O14P2. The van der Waals surface area contributed by atoms with Crippen molar-refractivity contribution in [2.45, 2.75) is 124 Å². The van der Waals surface area contributed by atoms with Gasteiger partial charge in [0.15, 0.2) is 0 Å². The molecular weight excluding hydrogens is 910 g/mol. The van der Waals surface area contributed by atoms with E-state index in [0.717, 1.165) is 6.42 Å². The molecule has 0 aliphatic carbocycles. The third kappa shape index (κ3) is 19.6. The highest BCUT2D eigenvalue weighted by Gasteiger charge is 2.32. The van der Waals surface area contributed by atoms with E-state index in [-0.39, 0.29) is 38.0 Å². The number of hydrogen-bond donors (Lipinski definition) is 4. The Bertz CT molecular complexity index is 2260. The first-order valence-electron chi connectivity index (χ1n) is 22.5. The lowest BCUT2D eigenvalue weighted by Gasteiger charge is -2.23. The Balaban J connectivity index is 0.000000331. The number of benzene rings is 2. The van der Waals surface area contributed by atoms with Crippen LogP contribution in [-0.4, -0.2) is 81.8 Å². The quantitative estimate of drug-likeness (QED) is 0.0508. The van der Waals surface area contributed by atoms with Crippen LogP contribution in [0.2, 0.25) is 0 Å². The third-order valence-corrected chi connectivity index (χ3v) is 11.9. The molecule has 4 heterocycles. The lowest BCUT2D eigenvalue weighted by Crippen LogP contribution is -2.34. The number of esters is 2. The molecule has 67 heavy (non-hydrogen) atoms. The molecule has 2 saturated heterocycles. The topological polar surface area (TPSA) is 242 Å². The fourth-order valence-electron chi connectivity index (χ4n) is 5.99. The summed E-state index contributed by atoms with van der Waals surface area (Å²) in [5.41, 5.74) is -1.94. The monoisotopic (exact) mass is 976 g/mol. The van der Waals surface area contributed by atoms with Gasteiger partial charge in [0.25, 0.3) is 11.1 Å². The molecule has 2 aliphatic heterocycles. The van der Waals surface area contributed by atoms with Crippen LogP contribution in [0.3, 0.4) is 0 Å². The molecule has 8 atom stereocenters. The second-order valence-electron chi connectivity index (χ2n) is 14.2. The normalized spacial score (nSPS) is 19.0. The number of hydrogen-bond acceptors (Lipinski definition) is 16. The van der Waals surface area contributed by atoms with E-state index in [0.29, 0.717) is 43.8 Å². The molecule has 20 nitrogen and oxygen atoms in total. The van der Waals surface area contributed by atoms with Crippen LogP contribution in [0.1, 0.15) is 99.9 Å². The second kappa shape index (κ2) is 31.1. The zero-order chi connectivity index (χ0) is 49.1. The molecule has 6 rings (SSSR count). The average molecular weight is 977 g/mol. The molecule has 2 aromatic heterocycles. The molecule has 0 saturated carbocycles. The van der Waals surface area contributed by atoms with Gasteiger partial charge in [0.2, 0.25) is 0 Å². The summed E-state index contributed by atoms with van der Waals surface area (Å²) in [5, 5.41) is 6.08. The number of aromatic amines is 2. The van der Waals surface area contributed by atoms with Gasteiger partial charge in [-0.3, -0.25) is 38.3 Å². The average Bonchev–Trinajstić information content (AvgIpc) is 4.02. The van der Waals surface area contributed by atoms with E-state index in [2.05, 4.69) is 20.1 Å². The second-order valence-corrected chi connectivity index (χ2v) is 16.6. The molecule has 0 radical (unpaired) electrons. The van der Waals surface area contributed by atoms with Gasteiger partial charge in [0.1, 0.15) is 36.0 Å². The first-order valence-corrected chi connectivity index (χ1v) is 24.9. The van der Waals surface area contributed by atoms with Crippen molar-refractivity contribution in [3.63, 3.8) is 0 Å². The van der Waals surface area contributed by atoms with E-state index >= 15 is 0 Å².